The molecule has 1 aliphatic rings. The molecule has 5 rings (SSSR count). The van der Waals surface area contributed by atoms with E-state index in [1.165, 1.54) is 31.5 Å². The zero-order chi connectivity index (χ0) is 24.6. The van der Waals surface area contributed by atoms with Crippen molar-refractivity contribution in [2.75, 3.05) is 32.5 Å². The fourth-order valence-corrected chi connectivity index (χ4v) is 4.25. The van der Waals surface area contributed by atoms with Crippen molar-refractivity contribution < 1.29 is 9.53 Å². The van der Waals surface area contributed by atoms with Gasteiger partial charge in [0.15, 0.2) is 0 Å². The number of carbonyl (C=O) groups excluding carboxylic acids is 1. The average molecular weight is 470 g/mol. The summed E-state index contributed by atoms with van der Waals surface area (Å²) in [4.78, 5) is 21.8. The Bertz CT molecular complexity index is 1280. The highest BCUT2D eigenvalue weighted by atomic mass is 16.5. The van der Waals surface area contributed by atoms with E-state index in [2.05, 4.69) is 20.9 Å². The molecule has 35 heavy (non-hydrogen) atoms. The van der Waals surface area contributed by atoms with Crippen LogP contribution in [0.4, 0.5) is 5.95 Å². The largest absolute Gasteiger partial charge is 0.497 e. The van der Waals surface area contributed by atoms with Crippen molar-refractivity contribution in [3.05, 3.63) is 84.1 Å². The number of fused-ring (bicyclic) bond motifs is 1. The van der Waals surface area contributed by atoms with Crippen molar-refractivity contribution in [3.8, 4) is 16.9 Å². The molecule has 3 aromatic carbocycles. The second kappa shape index (κ2) is 11.4. The maximum absolute atomic E-state index is 11.0. The number of methoxy groups -OCH3 is 1. The molecule has 180 valence electrons. The summed E-state index contributed by atoms with van der Waals surface area (Å²) in [5.41, 5.74) is 15.7. The molecule has 0 bridgehead atoms. The number of hydrogen-bond acceptors (Lipinski definition) is 6. The minimum atomic E-state index is -0.344. The van der Waals surface area contributed by atoms with Crippen LogP contribution in [0.15, 0.2) is 72.9 Å². The van der Waals surface area contributed by atoms with E-state index in [-0.39, 0.29) is 11.9 Å². The quantitative estimate of drug-likeness (QED) is 0.436. The molecule has 7 heteroatoms. The highest BCUT2D eigenvalue weighted by Gasteiger charge is 2.11. The smallest absolute Gasteiger partial charge is 0.248 e. The molecule has 0 saturated carbocycles. The first-order valence-electron chi connectivity index (χ1n) is 11.8. The number of primary amides is 1. The third-order valence-corrected chi connectivity index (χ3v) is 6.16. The number of nitrogens with zero attached hydrogens (tertiary/aromatic N) is 3. The fourth-order valence-electron chi connectivity index (χ4n) is 4.25. The fraction of sp³-hybridized carbons (Fsp3) is 0.250. The third kappa shape index (κ3) is 6.33. The summed E-state index contributed by atoms with van der Waals surface area (Å²) in [6.45, 7) is 3.52. The lowest BCUT2D eigenvalue weighted by Crippen LogP contribution is -2.22. The van der Waals surface area contributed by atoms with E-state index in [9.17, 15) is 4.79 Å². The molecule has 2 heterocycles. The molecule has 0 spiro atoms. The molecule has 1 aromatic heterocycles. The van der Waals surface area contributed by atoms with E-state index in [0.29, 0.717) is 5.56 Å². The van der Waals surface area contributed by atoms with Crippen molar-refractivity contribution in [1.82, 2.24) is 14.9 Å². The summed E-state index contributed by atoms with van der Waals surface area (Å²) >= 11 is 0. The Morgan fingerprint density at radius 3 is 2.49 bits per heavy atom. The molecule has 7 nitrogen and oxygen atoms in total. The maximum atomic E-state index is 11.0. The van der Waals surface area contributed by atoms with Gasteiger partial charge >= 0.3 is 0 Å². The minimum absolute atomic E-state index is 0.286. The van der Waals surface area contributed by atoms with Gasteiger partial charge in [0.25, 0.3) is 0 Å². The van der Waals surface area contributed by atoms with E-state index in [0.717, 1.165) is 40.7 Å². The van der Waals surface area contributed by atoms with Crippen LogP contribution in [0.5, 0.6) is 5.75 Å². The van der Waals surface area contributed by atoms with Crippen LogP contribution in [0.3, 0.4) is 0 Å². The lowest BCUT2D eigenvalue weighted by Gasteiger charge is -2.14. The molecular weight excluding hydrogens is 438 g/mol. The summed E-state index contributed by atoms with van der Waals surface area (Å²) in [7, 11) is 1.65. The summed E-state index contributed by atoms with van der Waals surface area (Å²) in [6, 6.07) is 21.5. The van der Waals surface area contributed by atoms with Crippen LogP contribution in [0, 0.1) is 0 Å². The van der Waals surface area contributed by atoms with Crippen LogP contribution in [0.1, 0.15) is 28.8 Å². The molecule has 1 aliphatic heterocycles. The van der Waals surface area contributed by atoms with Gasteiger partial charge in [0.1, 0.15) is 5.75 Å². The Balaban J connectivity index is 0.000000168. The number of benzene rings is 3. The van der Waals surface area contributed by atoms with Crippen LogP contribution < -0.4 is 16.2 Å². The number of hydrogen-bond donors (Lipinski definition) is 2. The van der Waals surface area contributed by atoms with Gasteiger partial charge in [0.05, 0.1) is 12.6 Å². The monoisotopic (exact) mass is 469 g/mol. The van der Waals surface area contributed by atoms with Gasteiger partial charge in [-0.15, -0.1) is 0 Å². The van der Waals surface area contributed by atoms with Gasteiger partial charge in [0, 0.05) is 29.3 Å². The van der Waals surface area contributed by atoms with Crippen molar-refractivity contribution in [3.63, 3.8) is 0 Å². The number of nitrogens with two attached hydrogens (primary N) is 2. The Labute approximate surface area is 205 Å². The van der Waals surface area contributed by atoms with E-state index in [1.807, 2.05) is 54.6 Å². The van der Waals surface area contributed by atoms with Gasteiger partial charge in [-0.25, -0.2) is 9.97 Å². The van der Waals surface area contributed by atoms with Gasteiger partial charge in [-0.1, -0.05) is 42.5 Å². The minimum Gasteiger partial charge on any atom is -0.497 e. The Morgan fingerprint density at radius 1 is 1.03 bits per heavy atom. The van der Waals surface area contributed by atoms with Gasteiger partial charge in [0.2, 0.25) is 11.9 Å². The normalized spacial score (nSPS) is 13.3. The molecule has 0 aliphatic carbocycles. The van der Waals surface area contributed by atoms with Crippen LogP contribution in [0.25, 0.3) is 22.0 Å². The number of carbonyl (C=O) groups is 1. The second-order valence-electron chi connectivity index (χ2n) is 8.56. The number of amides is 1. The molecular formula is C28H31N5O2. The van der Waals surface area contributed by atoms with Crippen LogP contribution in [-0.2, 0) is 6.42 Å². The predicted octanol–water partition coefficient (Wildman–Crippen LogP) is 4.31. The van der Waals surface area contributed by atoms with E-state index in [4.69, 9.17) is 16.2 Å². The number of rotatable bonds is 6. The Kier molecular flexibility index (Phi) is 7.90. The Hall–Kier alpha value is -3.97. The summed E-state index contributed by atoms with van der Waals surface area (Å²) < 4.78 is 5.17. The maximum Gasteiger partial charge on any atom is 0.248 e. The first kappa shape index (κ1) is 24.2. The number of aromatic nitrogens is 2. The number of anilines is 1. The van der Waals surface area contributed by atoms with Crippen molar-refractivity contribution >= 4 is 22.8 Å². The lowest BCUT2D eigenvalue weighted by molar-refractivity contribution is 0.1000. The molecule has 1 fully saturated rings. The first-order valence-corrected chi connectivity index (χ1v) is 11.8. The van der Waals surface area contributed by atoms with Gasteiger partial charge in [-0.05, 0) is 67.7 Å². The van der Waals surface area contributed by atoms with Gasteiger partial charge in [-0.3, -0.25) is 4.79 Å². The molecule has 0 radical (unpaired) electrons. The van der Waals surface area contributed by atoms with Crippen LogP contribution in [0.2, 0.25) is 0 Å². The van der Waals surface area contributed by atoms with Gasteiger partial charge < -0.3 is 21.1 Å². The first-order chi connectivity index (χ1) is 17.0. The standard InChI is InChI=1S/C15H13N3O.C13H18N2O/c1-19-12-7-5-10(6-8-12)13-4-2-3-11-9-17-15(16)18-14(11)13;14-13(16)12-5-3-4-11(10-12)6-9-15-7-1-2-8-15/h2-9H,1H3,(H2,16,17,18);3-5,10H,1-2,6-9H2,(H2,14,16). The summed E-state index contributed by atoms with van der Waals surface area (Å²) in [5, 5.41) is 0.975. The molecule has 4 N–H and O–H groups in total. The molecule has 0 unspecified atom stereocenters. The third-order valence-electron chi connectivity index (χ3n) is 6.16. The topological polar surface area (TPSA) is 107 Å². The Morgan fingerprint density at radius 2 is 1.77 bits per heavy atom. The lowest BCUT2D eigenvalue weighted by atomic mass is 10.0. The summed E-state index contributed by atoms with van der Waals surface area (Å²) in [5.74, 6) is 0.773. The van der Waals surface area contributed by atoms with Crippen LogP contribution in [-0.4, -0.2) is 47.5 Å². The molecule has 1 saturated heterocycles. The molecule has 0 atom stereocenters. The predicted molar refractivity (Wildman–Crippen MR) is 140 cm³/mol. The number of para-hydroxylation sites is 1. The molecule has 1 amide bonds. The van der Waals surface area contributed by atoms with Crippen molar-refractivity contribution in [1.29, 1.82) is 0 Å². The van der Waals surface area contributed by atoms with Gasteiger partial charge in [-0.2, -0.15) is 0 Å². The van der Waals surface area contributed by atoms with E-state index >= 15 is 0 Å². The zero-order valence-electron chi connectivity index (χ0n) is 20.0. The molecule has 4 aromatic rings. The SMILES string of the molecule is COc1ccc(-c2cccc3cnc(N)nc23)cc1.NC(=O)c1cccc(CCN2CCCC2)c1. The average Bonchev–Trinajstić information content (AvgIpc) is 3.41. The zero-order valence-corrected chi connectivity index (χ0v) is 20.0. The number of likely N-dealkylation sites (tertiary alicyclic amines) is 1. The van der Waals surface area contributed by atoms with Crippen LogP contribution >= 0.6 is 0 Å². The second-order valence-corrected chi connectivity index (χ2v) is 8.56. The highest BCUT2D eigenvalue weighted by Crippen LogP contribution is 2.28. The van der Waals surface area contributed by atoms with E-state index < -0.39 is 0 Å². The summed E-state index contributed by atoms with van der Waals surface area (Å²) in [6.07, 6.45) is 5.38. The van der Waals surface area contributed by atoms with Crippen molar-refractivity contribution in [2.24, 2.45) is 5.73 Å². The van der Waals surface area contributed by atoms with Crippen molar-refractivity contribution in [2.45, 2.75) is 19.3 Å². The van der Waals surface area contributed by atoms with E-state index in [1.54, 1.807) is 19.4 Å². The number of ether oxygens (including phenoxy) is 1. The number of nitrogen functional groups attached to an aromatic ring is 1. The highest BCUT2D eigenvalue weighted by molar-refractivity contribution is 5.94.